The summed E-state index contributed by atoms with van der Waals surface area (Å²) in [5, 5.41) is 12.5. The Morgan fingerprint density at radius 2 is 2.04 bits per heavy atom. The number of aromatic nitrogens is 2. The summed E-state index contributed by atoms with van der Waals surface area (Å²) in [6, 6.07) is 6.68. The Morgan fingerprint density at radius 1 is 1.30 bits per heavy atom. The minimum atomic E-state index is -0.375. The summed E-state index contributed by atoms with van der Waals surface area (Å²) < 4.78 is 0. The average Bonchev–Trinajstić information content (AvgIpc) is 2.80. The lowest BCUT2D eigenvalue weighted by Crippen LogP contribution is -1.97. The van der Waals surface area contributed by atoms with Crippen LogP contribution in [0.3, 0.4) is 0 Å². The second-order valence-corrected chi connectivity index (χ2v) is 7.18. The first-order valence-electron chi connectivity index (χ1n) is 6.85. The van der Waals surface area contributed by atoms with Crippen LogP contribution in [0.2, 0.25) is 0 Å². The van der Waals surface area contributed by atoms with E-state index in [-0.39, 0.29) is 10.6 Å². The van der Waals surface area contributed by atoms with E-state index in [1.54, 1.807) is 29.5 Å². The van der Waals surface area contributed by atoms with E-state index in [9.17, 15) is 10.1 Å². The van der Waals surface area contributed by atoms with Crippen LogP contribution in [0.25, 0.3) is 10.2 Å². The Hall–Kier alpha value is -2.19. The number of anilines is 1. The first kappa shape index (κ1) is 15.7. The minimum absolute atomic E-state index is 0.108. The smallest absolute Gasteiger partial charge is 0.273 e. The third kappa shape index (κ3) is 2.99. The molecule has 2 N–H and O–H groups in total. The molecule has 8 heteroatoms. The Balaban J connectivity index is 1.90. The van der Waals surface area contributed by atoms with E-state index in [0.29, 0.717) is 22.3 Å². The summed E-state index contributed by atoms with van der Waals surface area (Å²) >= 11 is 2.93. The van der Waals surface area contributed by atoms with Crippen LogP contribution in [0.4, 0.5) is 11.5 Å². The number of thioether (sulfide) groups is 1. The average molecular weight is 346 g/mol. The van der Waals surface area contributed by atoms with Crippen molar-refractivity contribution in [1.82, 2.24) is 9.97 Å². The molecule has 0 fully saturated rings. The van der Waals surface area contributed by atoms with Crippen molar-refractivity contribution in [2.45, 2.75) is 24.8 Å². The fourth-order valence-corrected chi connectivity index (χ4v) is 4.22. The molecule has 0 bridgehead atoms. The molecular weight excluding hydrogens is 332 g/mol. The number of para-hydroxylation sites is 1. The second kappa shape index (κ2) is 6.13. The maximum atomic E-state index is 11.0. The van der Waals surface area contributed by atoms with Gasteiger partial charge in [0.25, 0.3) is 5.69 Å². The van der Waals surface area contributed by atoms with Crippen molar-refractivity contribution in [1.29, 1.82) is 0 Å². The number of rotatable bonds is 4. The van der Waals surface area contributed by atoms with E-state index in [2.05, 4.69) is 9.97 Å². The predicted molar refractivity (Wildman–Crippen MR) is 94.0 cm³/mol. The van der Waals surface area contributed by atoms with Gasteiger partial charge in [-0.15, -0.1) is 11.3 Å². The maximum Gasteiger partial charge on any atom is 0.273 e. The number of benzene rings is 1. The molecule has 0 atom stereocenters. The summed E-state index contributed by atoms with van der Waals surface area (Å²) in [4.78, 5) is 21.6. The quantitative estimate of drug-likeness (QED) is 0.331. The van der Waals surface area contributed by atoms with E-state index < -0.39 is 0 Å². The molecule has 0 aliphatic carbocycles. The Labute approximate surface area is 140 Å². The van der Waals surface area contributed by atoms with Crippen LogP contribution < -0.4 is 5.73 Å². The first-order chi connectivity index (χ1) is 11.0. The van der Waals surface area contributed by atoms with Gasteiger partial charge in [0, 0.05) is 22.3 Å². The number of hydrogen-bond acceptors (Lipinski definition) is 7. The molecule has 1 aromatic carbocycles. The van der Waals surface area contributed by atoms with Gasteiger partial charge in [-0.05, 0) is 19.4 Å². The van der Waals surface area contributed by atoms with Gasteiger partial charge in [0.2, 0.25) is 0 Å². The topological polar surface area (TPSA) is 94.9 Å². The van der Waals surface area contributed by atoms with Gasteiger partial charge in [0.1, 0.15) is 10.6 Å². The van der Waals surface area contributed by atoms with Crippen LogP contribution >= 0.6 is 23.1 Å². The van der Waals surface area contributed by atoms with Crippen molar-refractivity contribution in [2.75, 3.05) is 5.73 Å². The molecule has 3 rings (SSSR count). The molecule has 0 saturated heterocycles. The number of nitro groups is 1. The standard InChI is InChI=1S/C15H14N4O2S2/c1-8-9(2)23-14-12(8)13(16)17-15(18-14)22-7-10-5-3-4-6-11(10)19(20)21/h3-6H,7H2,1-2H3,(H2,16,17,18). The largest absolute Gasteiger partial charge is 0.383 e. The van der Waals surface area contributed by atoms with E-state index in [4.69, 9.17) is 5.73 Å². The summed E-state index contributed by atoms with van der Waals surface area (Å²) in [6.07, 6.45) is 0. The molecule has 0 unspecified atom stereocenters. The summed E-state index contributed by atoms with van der Waals surface area (Å²) in [5.74, 6) is 0.882. The van der Waals surface area contributed by atoms with Crippen LogP contribution in [-0.2, 0) is 5.75 Å². The predicted octanol–water partition coefficient (Wildman–Crippen LogP) is 4.09. The summed E-state index contributed by atoms with van der Waals surface area (Å²) in [5.41, 5.74) is 7.91. The highest BCUT2D eigenvalue weighted by molar-refractivity contribution is 7.98. The second-order valence-electron chi connectivity index (χ2n) is 5.03. The van der Waals surface area contributed by atoms with Crippen molar-refractivity contribution in [2.24, 2.45) is 0 Å². The lowest BCUT2D eigenvalue weighted by Gasteiger charge is -2.04. The molecule has 0 saturated carbocycles. The molecule has 0 radical (unpaired) electrons. The highest BCUT2D eigenvalue weighted by Crippen LogP contribution is 2.34. The van der Waals surface area contributed by atoms with Crippen molar-refractivity contribution < 1.29 is 4.92 Å². The zero-order valence-electron chi connectivity index (χ0n) is 12.6. The molecule has 0 spiro atoms. The van der Waals surface area contributed by atoms with E-state index >= 15 is 0 Å². The van der Waals surface area contributed by atoms with E-state index in [0.717, 1.165) is 15.8 Å². The first-order valence-corrected chi connectivity index (χ1v) is 8.66. The molecule has 23 heavy (non-hydrogen) atoms. The molecule has 6 nitrogen and oxygen atoms in total. The Kier molecular flexibility index (Phi) is 4.18. The molecule has 2 aromatic heterocycles. The van der Waals surface area contributed by atoms with Crippen molar-refractivity contribution in [3.63, 3.8) is 0 Å². The van der Waals surface area contributed by atoms with Gasteiger partial charge >= 0.3 is 0 Å². The SMILES string of the molecule is Cc1sc2nc(SCc3ccccc3[N+](=O)[O-])nc(N)c2c1C. The lowest BCUT2D eigenvalue weighted by atomic mass is 10.2. The van der Waals surface area contributed by atoms with Gasteiger partial charge in [-0.1, -0.05) is 30.0 Å². The Bertz CT molecular complexity index is 908. The number of fused-ring (bicyclic) bond motifs is 1. The van der Waals surface area contributed by atoms with Crippen molar-refractivity contribution in [3.05, 3.63) is 50.4 Å². The van der Waals surface area contributed by atoms with Gasteiger partial charge < -0.3 is 5.73 Å². The molecular formula is C15H14N4O2S2. The van der Waals surface area contributed by atoms with Gasteiger partial charge in [0.05, 0.1) is 10.3 Å². The molecule has 2 heterocycles. The monoisotopic (exact) mass is 346 g/mol. The van der Waals surface area contributed by atoms with Gasteiger partial charge in [-0.3, -0.25) is 10.1 Å². The van der Waals surface area contributed by atoms with Gasteiger partial charge in [-0.25, -0.2) is 9.97 Å². The number of nitrogens with two attached hydrogens (primary N) is 1. The van der Waals surface area contributed by atoms with Gasteiger partial charge in [0.15, 0.2) is 5.16 Å². The Morgan fingerprint density at radius 3 is 2.78 bits per heavy atom. The number of thiophene rings is 1. The highest BCUT2D eigenvalue weighted by Gasteiger charge is 2.15. The van der Waals surface area contributed by atoms with E-state index in [1.807, 2.05) is 13.8 Å². The number of nitrogen functional groups attached to an aromatic ring is 1. The zero-order chi connectivity index (χ0) is 16.6. The number of nitro benzene ring substituents is 1. The number of aryl methyl sites for hydroxylation is 2. The van der Waals surface area contributed by atoms with Crippen LogP contribution in [-0.4, -0.2) is 14.9 Å². The molecule has 3 aromatic rings. The molecule has 0 aliphatic rings. The maximum absolute atomic E-state index is 11.0. The number of hydrogen-bond donors (Lipinski definition) is 1. The lowest BCUT2D eigenvalue weighted by molar-refractivity contribution is -0.385. The molecule has 118 valence electrons. The fraction of sp³-hybridized carbons (Fsp3) is 0.200. The van der Waals surface area contributed by atoms with E-state index in [1.165, 1.54) is 22.7 Å². The van der Waals surface area contributed by atoms with Crippen LogP contribution in [0.1, 0.15) is 16.0 Å². The normalized spacial score (nSPS) is 11.0. The van der Waals surface area contributed by atoms with Gasteiger partial charge in [-0.2, -0.15) is 0 Å². The fourth-order valence-electron chi connectivity index (χ4n) is 2.28. The zero-order valence-corrected chi connectivity index (χ0v) is 14.2. The summed E-state index contributed by atoms with van der Waals surface area (Å²) in [7, 11) is 0. The summed E-state index contributed by atoms with van der Waals surface area (Å²) in [6.45, 7) is 4.04. The highest BCUT2D eigenvalue weighted by atomic mass is 32.2. The third-order valence-corrected chi connectivity index (χ3v) is 5.58. The third-order valence-electron chi connectivity index (χ3n) is 3.58. The van der Waals surface area contributed by atoms with Crippen molar-refractivity contribution >= 4 is 44.8 Å². The van der Waals surface area contributed by atoms with Crippen LogP contribution in [0.5, 0.6) is 0 Å². The van der Waals surface area contributed by atoms with Crippen LogP contribution in [0.15, 0.2) is 29.4 Å². The minimum Gasteiger partial charge on any atom is -0.383 e. The molecule has 0 amide bonds. The molecule has 0 aliphatic heterocycles. The number of nitrogens with zero attached hydrogens (tertiary/aromatic N) is 3. The van der Waals surface area contributed by atoms with Crippen molar-refractivity contribution in [3.8, 4) is 0 Å². The van der Waals surface area contributed by atoms with Crippen LogP contribution in [0, 0.1) is 24.0 Å².